The molecule has 0 amide bonds. The molecule has 0 bridgehead atoms. The topological polar surface area (TPSA) is 6.48 Å². The Bertz CT molecular complexity index is 1000. The summed E-state index contributed by atoms with van der Waals surface area (Å²) in [4.78, 5) is 2.58. The van der Waals surface area contributed by atoms with E-state index in [2.05, 4.69) is 0 Å². The number of hydrogen-bond donors (Lipinski definition) is 0. The second kappa shape index (κ2) is 6.90. The zero-order valence-corrected chi connectivity index (χ0v) is 15.3. The monoisotopic (exact) mass is 408 g/mol. The molecule has 0 spiro atoms. The van der Waals surface area contributed by atoms with Gasteiger partial charge in [0.2, 0.25) is 3.79 Å². The van der Waals surface area contributed by atoms with Gasteiger partial charge in [0.1, 0.15) is 0 Å². The Hall–Kier alpha value is -1.09. The number of halogens is 3. The Morgan fingerprint density at radius 1 is 0.800 bits per heavy atom. The summed E-state index contributed by atoms with van der Waals surface area (Å²) in [6, 6.07) is 7.61. The van der Waals surface area contributed by atoms with Crippen molar-refractivity contribution in [3.63, 3.8) is 0 Å². The third-order valence-corrected chi connectivity index (χ3v) is 4.70. The van der Waals surface area contributed by atoms with Gasteiger partial charge < -0.3 is 9.80 Å². The number of alkyl halides is 3. The Labute approximate surface area is 182 Å². The number of aryl methyl sites for hydroxylation is 4. The van der Waals surface area contributed by atoms with Crippen LogP contribution in [0.25, 0.3) is 0 Å². The first-order chi connectivity index (χ1) is 16.6. The van der Waals surface area contributed by atoms with Crippen LogP contribution in [0.2, 0.25) is 0 Å². The SMILES string of the molecule is [2H]C([2H])([2H])c1cccc(C([2H])([2H])[2H])c1N1CCN(c2c(C([2H])([2H])[2H])cccc2C([2H])([2H])[2H])C1C(Cl)(Cl)Cl. The average Bonchev–Trinajstić information content (AvgIpc) is 3.15. The summed E-state index contributed by atoms with van der Waals surface area (Å²) in [6.07, 6.45) is -1.45. The van der Waals surface area contributed by atoms with Gasteiger partial charge >= 0.3 is 0 Å². The Morgan fingerprint density at radius 2 is 1.16 bits per heavy atom. The third-order valence-electron chi connectivity index (χ3n) is 4.11. The third kappa shape index (κ3) is 3.45. The smallest absolute Gasteiger partial charge is 0.228 e. The molecule has 0 aromatic heterocycles. The first-order valence-corrected chi connectivity index (χ1v) is 8.57. The van der Waals surface area contributed by atoms with Crippen LogP contribution in [0.3, 0.4) is 0 Å². The maximum atomic E-state index is 8.01. The van der Waals surface area contributed by atoms with E-state index in [1.807, 2.05) is 0 Å². The van der Waals surface area contributed by atoms with Crippen LogP contribution in [-0.4, -0.2) is 23.0 Å². The highest BCUT2D eigenvalue weighted by molar-refractivity contribution is 6.68. The molecule has 0 aliphatic carbocycles. The molecule has 25 heavy (non-hydrogen) atoms. The lowest BCUT2D eigenvalue weighted by Crippen LogP contribution is -2.49. The minimum absolute atomic E-state index is 0.0927. The number of hydrogen-bond acceptors (Lipinski definition) is 2. The molecule has 5 heteroatoms. The van der Waals surface area contributed by atoms with Crippen LogP contribution in [-0.2, 0) is 0 Å². The second-order valence-corrected chi connectivity index (χ2v) is 8.07. The molecule has 1 aliphatic heterocycles. The fourth-order valence-electron chi connectivity index (χ4n) is 3.16. The molecular weight excluding hydrogens is 375 g/mol. The Balaban J connectivity index is 2.37. The van der Waals surface area contributed by atoms with E-state index >= 15 is 0 Å². The van der Waals surface area contributed by atoms with E-state index in [-0.39, 0.29) is 46.7 Å². The Kier molecular flexibility index (Phi) is 2.41. The quantitative estimate of drug-likeness (QED) is 0.566. The molecule has 1 heterocycles. The number of para-hydroxylation sites is 2. The largest absolute Gasteiger partial charge is 0.345 e. The van der Waals surface area contributed by atoms with Crippen molar-refractivity contribution >= 4 is 46.2 Å². The molecule has 0 atom stereocenters. The van der Waals surface area contributed by atoms with Gasteiger partial charge in [0.15, 0.2) is 6.17 Å². The highest BCUT2D eigenvalue weighted by Gasteiger charge is 2.47. The predicted octanol–water partition coefficient (Wildman–Crippen LogP) is 5.94. The number of rotatable bonds is 2. The van der Waals surface area contributed by atoms with E-state index in [4.69, 9.17) is 51.3 Å². The van der Waals surface area contributed by atoms with Crippen LogP contribution in [0, 0.1) is 27.4 Å². The summed E-state index contributed by atoms with van der Waals surface area (Å²) in [7, 11) is 0. The van der Waals surface area contributed by atoms with Gasteiger partial charge in [-0.15, -0.1) is 0 Å². The molecule has 2 aromatic rings. The highest BCUT2D eigenvalue weighted by Crippen LogP contribution is 2.44. The fourth-order valence-corrected chi connectivity index (χ4v) is 3.86. The molecule has 2 aromatic carbocycles. The predicted molar refractivity (Wildman–Crippen MR) is 111 cm³/mol. The maximum Gasteiger partial charge on any atom is 0.228 e. The van der Waals surface area contributed by atoms with Crippen LogP contribution >= 0.6 is 34.8 Å². The average molecular weight is 410 g/mol. The summed E-state index contributed by atoms with van der Waals surface area (Å²) >= 11 is 19.1. The normalized spacial score (nSPS) is 25.1. The van der Waals surface area contributed by atoms with E-state index < -0.39 is 37.4 Å². The summed E-state index contributed by atoms with van der Waals surface area (Å²) in [6.45, 7) is -11.2. The van der Waals surface area contributed by atoms with Crippen molar-refractivity contribution in [1.82, 2.24) is 0 Å². The number of benzene rings is 2. The molecule has 1 aliphatic rings. The fraction of sp³-hybridized carbons (Fsp3) is 0.400. The van der Waals surface area contributed by atoms with E-state index in [1.165, 1.54) is 46.2 Å². The van der Waals surface area contributed by atoms with E-state index in [0.717, 1.165) is 0 Å². The van der Waals surface area contributed by atoms with Crippen LogP contribution in [0.15, 0.2) is 36.4 Å². The number of nitrogens with zero attached hydrogens (tertiary/aromatic N) is 2. The molecule has 0 unspecified atom stereocenters. The zero-order chi connectivity index (χ0) is 28.4. The molecule has 134 valence electrons. The van der Waals surface area contributed by atoms with Gasteiger partial charge in [0.25, 0.3) is 0 Å². The first kappa shape index (κ1) is 8.73. The summed E-state index contributed by atoms with van der Waals surface area (Å²) < 4.78 is 93.8. The summed E-state index contributed by atoms with van der Waals surface area (Å²) in [5.74, 6) is 0. The van der Waals surface area contributed by atoms with Gasteiger partial charge in [-0.1, -0.05) is 71.2 Å². The van der Waals surface area contributed by atoms with Gasteiger partial charge in [-0.2, -0.15) is 0 Å². The molecule has 2 nitrogen and oxygen atoms in total. The van der Waals surface area contributed by atoms with Gasteiger partial charge in [-0.25, -0.2) is 0 Å². The molecule has 0 radical (unpaired) electrons. The van der Waals surface area contributed by atoms with Gasteiger partial charge in [0, 0.05) is 40.9 Å². The van der Waals surface area contributed by atoms with E-state index in [9.17, 15) is 0 Å². The van der Waals surface area contributed by atoms with Gasteiger partial charge in [-0.3, -0.25) is 0 Å². The van der Waals surface area contributed by atoms with Crippen molar-refractivity contribution in [2.75, 3.05) is 22.9 Å². The standard InChI is InChI=1S/C20H23Cl3N2/c1-13-7-5-8-14(2)17(13)24-11-12-25(19(24)20(21,22)23)18-15(3)9-6-10-16(18)4/h5-10,19H,11-12H2,1-4H3/i1D3,2D3,3D3,4D3. The minimum Gasteiger partial charge on any atom is -0.345 e. The van der Waals surface area contributed by atoms with Crippen LogP contribution in [0.5, 0.6) is 0 Å². The van der Waals surface area contributed by atoms with Crippen molar-refractivity contribution in [3.05, 3.63) is 58.7 Å². The molecule has 1 saturated heterocycles. The molecule has 3 rings (SSSR count). The summed E-state index contributed by atoms with van der Waals surface area (Å²) in [5.41, 5.74) is -1.62. The van der Waals surface area contributed by atoms with E-state index in [1.54, 1.807) is 0 Å². The van der Waals surface area contributed by atoms with Crippen molar-refractivity contribution in [3.8, 4) is 0 Å². The lowest BCUT2D eigenvalue weighted by Gasteiger charge is -2.39. The molecule has 0 saturated carbocycles. The summed E-state index contributed by atoms with van der Waals surface area (Å²) in [5, 5.41) is 0. The van der Waals surface area contributed by atoms with Crippen LogP contribution in [0.1, 0.15) is 38.7 Å². The number of anilines is 2. The van der Waals surface area contributed by atoms with E-state index in [0.29, 0.717) is 0 Å². The molecular formula is C20H23Cl3N2. The van der Waals surface area contributed by atoms with Crippen molar-refractivity contribution in [2.45, 2.75) is 37.4 Å². The van der Waals surface area contributed by atoms with Crippen molar-refractivity contribution in [2.24, 2.45) is 0 Å². The second-order valence-electron chi connectivity index (χ2n) is 5.71. The lowest BCUT2D eigenvalue weighted by atomic mass is 10.1. The minimum atomic E-state index is -2.75. The molecule has 0 N–H and O–H groups in total. The van der Waals surface area contributed by atoms with Gasteiger partial charge in [-0.05, 0) is 49.7 Å². The zero-order valence-electron chi connectivity index (χ0n) is 25.0. The van der Waals surface area contributed by atoms with Crippen LogP contribution in [0.4, 0.5) is 11.4 Å². The Morgan fingerprint density at radius 3 is 1.44 bits per heavy atom. The van der Waals surface area contributed by atoms with Crippen molar-refractivity contribution in [1.29, 1.82) is 0 Å². The maximum absolute atomic E-state index is 8.01. The van der Waals surface area contributed by atoms with Crippen molar-refractivity contribution < 1.29 is 16.4 Å². The molecule has 1 fully saturated rings. The lowest BCUT2D eigenvalue weighted by molar-refractivity contribution is 0.676. The first-order valence-electron chi connectivity index (χ1n) is 13.4. The van der Waals surface area contributed by atoms with Crippen LogP contribution < -0.4 is 9.80 Å². The highest BCUT2D eigenvalue weighted by atomic mass is 35.6. The van der Waals surface area contributed by atoms with Gasteiger partial charge in [0.05, 0.1) is 0 Å².